The van der Waals surface area contributed by atoms with Crippen LogP contribution in [-0.2, 0) is 4.74 Å². The number of phenolic OH excluding ortho intramolecular Hbond substituents is 1. The molecule has 0 saturated carbocycles. The van der Waals surface area contributed by atoms with Crippen LogP contribution < -0.4 is 4.74 Å². The van der Waals surface area contributed by atoms with Gasteiger partial charge in [-0.25, -0.2) is 0 Å². The molecule has 1 aromatic carbocycles. The molecule has 4 nitrogen and oxygen atoms in total. The van der Waals surface area contributed by atoms with Crippen molar-refractivity contribution in [3.63, 3.8) is 0 Å². The maximum Gasteiger partial charge on any atom is 0.188 e. The first kappa shape index (κ1) is 11.0. The van der Waals surface area contributed by atoms with Crippen LogP contribution in [0.25, 0.3) is 0 Å². The van der Waals surface area contributed by atoms with E-state index in [1.165, 1.54) is 19.2 Å². The number of hydrogen-bond donors (Lipinski definition) is 1. The van der Waals surface area contributed by atoms with E-state index >= 15 is 0 Å². The Bertz CT molecular complexity index is 338. The highest BCUT2D eigenvalue weighted by Gasteiger charge is 2.07. The maximum atomic E-state index is 10.5. The van der Waals surface area contributed by atoms with Gasteiger partial charge in [0.1, 0.15) is 11.5 Å². The standard InChI is InChI=1S/C9H9BrO4/c1-13-5-14-9-3-8(12)6(4-11)2-7(9)10/h2-4,12H,5H2,1H3. The number of ether oxygens (including phenoxy) is 2. The minimum Gasteiger partial charge on any atom is -0.507 e. The molecule has 0 amide bonds. The number of aldehydes is 1. The highest BCUT2D eigenvalue weighted by Crippen LogP contribution is 2.31. The first-order valence-corrected chi connectivity index (χ1v) is 4.57. The van der Waals surface area contributed by atoms with Gasteiger partial charge in [-0.3, -0.25) is 4.79 Å². The molecule has 1 rings (SSSR count). The minimum absolute atomic E-state index is 0.0818. The van der Waals surface area contributed by atoms with E-state index in [0.717, 1.165) is 0 Å². The van der Waals surface area contributed by atoms with E-state index in [-0.39, 0.29) is 18.1 Å². The number of rotatable bonds is 4. The number of carbonyl (C=O) groups excluding carboxylic acids is 1. The fourth-order valence-corrected chi connectivity index (χ4v) is 1.36. The van der Waals surface area contributed by atoms with Crippen LogP contribution in [0.5, 0.6) is 11.5 Å². The smallest absolute Gasteiger partial charge is 0.188 e. The van der Waals surface area contributed by atoms with Crippen molar-refractivity contribution in [3.05, 3.63) is 22.2 Å². The molecular formula is C9H9BrO4. The molecule has 0 bridgehead atoms. The molecule has 0 unspecified atom stereocenters. The lowest BCUT2D eigenvalue weighted by molar-refractivity contribution is 0.0504. The first-order chi connectivity index (χ1) is 6.69. The van der Waals surface area contributed by atoms with Crippen molar-refractivity contribution in [1.29, 1.82) is 0 Å². The Labute approximate surface area is 89.6 Å². The van der Waals surface area contributed by atoms with Crippen LogP contribution in [-0.4, -0.2) is 25.3 Å². The average Bonchev–Trinajstić information content (AvgIpc) is 2.18. The van der Waals surface area contributed by atoms with Gasteiger partial charge < -0.3 is 14.6 Å². The van der Waals surface area contributed by atoms with Gasteiger partial charge in [-0.05, 0) is 22.0 Å². The summed E-state index contributed by atoms with van der Waals surface area (Å²) in [6.07, 6.45) is 0.570. The van der Waals surface area contributed by atoms with Gasteiger partial charge in [0.25, 0.3) is 0 Å². The van der Waals surface area contributed by atoms with Crippen LogP contribution in [0.2, 0.25) is 0 Å². The normalized spacial score (nSPS) is 9.86. The molecule has 0 heterocycles. The van der Waals surface area contributed by atoms with Crippen molar-refractivity contribution < 1.29 is 19.4 Å². The second kappa shape index (κ2) is 4.97. The lowest BCUT2D eigenvalue weighted by atomic mass is 10.2. The Hall–Kier alpha value is -1.07. The third-order valence-electron chi connectivity index (χ3n) is 1.54. The molecule has 1 aromatic rings. The van der Waals surface area contributed by atoms with Gasteiger partial charge in [0.05, 0.1) is 10.0 Å². The summed E-state index contributed by atoms with van der Waals surface area (Å²) in [4.78, 5) is 10.5. The SMILES string of the molecule is COCOc1cc(O)c(C=O)cc1Br. The Balaban J connectivity index is 2.96. The summed E-state index contributed by atoms with van der Waals surface area (Å²) in [6, 6.07) is 2.83. The van der Waals surface area contributed by atoms with Crippen molar-refractivity contribution >= 4 is 22.2 Å². The van der Waals surface area contributed by atoms with Crippen LogP contribution in [0.3, 0.4) is 0 Å². The Kier molecular flexibility index (Phi) is 3.91. The Morgan fingerprint density at radius 3 is 2.86 bits per heavy atom. The van der Waals surface area contributed by atoms with Crippen LogP contribution >= 0.6 is 15.9 Å². The fourth-order valence-electron chi connectivity index (χ4n) is 0.885. The van der Waals surface area contributed by atoms with E-state index in [0.29, 0.717) is 16.5 Å². The van der Waals surface area contributed by atoms with Gasteiger partial charge in [-0.2, -0.15) is 0 Å². The number of phenols is 1. The summed E-state index contributed by atoms with van der Waals surface area (Å²) in [5.41, 5.74) is 0.210. The molecule has 5 heteroatoms. The molecule has 0 saturated heterocycles. The number of carbonyl (C=O) groups is 1. The van der Waals surface area contributed by atoms with Gasteiger partial charge in [0, 0.05) is 13.2 Å². The van der Waals surface area contributed by atoms with Crippen molar-refractivity contribution in [2.24, 2.45) is 0 Å². The summed E-state index contributed by atoms with van der Waals surface area (Å²) in [7, 11) is 1.49. The summed E-state index contributed by atoms with van der Waals surface area (Å²) >= 11 is 3.20. The van der Waals surface area contributed by atoms with Crippen molar-refractivity contribution in [3.8, 4) is 11.5 Å². The van der Waals surface area contributed by atoms with Gasteiger partial charge in [0.2, 0.25) is 0 Å². The predicted molar refractivity (Wildman–Crippen MR) is 53.7 cm³/mol. The Morgan fingerprint density at radius 1 is 1.57 bits per heavy atom. The second-order valence-electron chi connectivity index (χ2n) is 2.51. The Morgan fingerprint density at radius 2 is 2.29 bits per heavy atom. The lowest BCUT2D eigenvalue weighted by Crippen LogP contribution is -1.99. The quantitative estimate of drug-likeness (QED) is 0.664. The summed E-state index contributed by atoms with van der Waals surface area (Å²) in [5.74, 6) is 0.309. The molecule has 0 fully saturated rings. The zero-order valence-electron chi connectivity index (χ0n) is 7.49. The molecule has 0 atom stereocenters. The van der Waals surface area contributed by atoms with E-state index in [2.05, 4.69) is 15.9 Å². The van der Waals surface area contributed by atoms with E-state index < -0.39 is 0 Å². The molecule has 0 aliphatic heterocycles. The summed E-state index contributed by atoms with van der Waals surface area (Å²) in [6.45, 7) is 0.0818. The number of methoxy groups -OCH3 is 1. The van der Waals surface area contributed by atoms with E-state index in [1.54, 1.807) is 0 Å². The number of benzene rings is 1. The zero-order valence-corrected chi connectivity index (χ0v) is 9.08. The molecule has 0 aliphatic rings. The summed E-state index contributed by atoms with van der Waals surface area (Å²) in [5, 5.41) is 9.34. The van der Waals surface area contributed by atoms with Crippen molar-refractivity contribution in [2.75, 3.05) is 13.9 Å². The average molecular weight is 261 g/mol. The summed E-state index contributed by atoms with van der Waals surface area (Å²) < 4.78 is 10.4. The number of halogens is 1. The molecule has 76 valence electrons. The largest absolute Gasteiger partial charge is 0.507 e. The third kappa shape index (κ3) is 2.46. The molecule has 0 spiro atoms. The third-order valence-corrected chi connectivity index (χ3v) is 2.16. The van der Waals surface area contributed by atoms with Crippen LogP contribution in [0.1, 0.15) is 10.4 Å². The minimum atomic E-state index is -0.116. The van der Waals surface area contributed by atoms with Crippen molar-refractivity contribution in [2.45, 2.75) is 0 Å². The molecular weight excluding hydrogens is 252 g/mol. The van der Waals surface area contributed by atoms with Crippen LogP contribution in [0.15, 0.2) is 16.6 Å². The molecule has 0 aromatic heterocycles. The number of aromatic hydroxyl groups is 1. The topological polar surface area (TPSA) is 55.8 Å². The van der Waals surface area contributed by atoms with E-state index in [4.69, 9.17) is 9.47 Å². The van der Waals surface area contributed by atoms with Gasteiger partial charge >= 0.3 is 0 Å². The monoisotopic (exact) mass is 260 g/mol. The number of hydrogen-bond acceptors (Lipinski definition) is 4. The molecule has 0 radical (unpaired) electrons. The van der Waals surface area contributed by atoms with E-state index in [9.17, 15) is 9.90 Å². The molecule has 0 aliphatic carbocycles. The maximum absolute atomic E-state index is 10.5. The predicted octanol–water partition coefficient (Wildman–Crippen LogP) is 1.95. The highest BCUT2D eigenvalue weighted by molar-refractivity contribution is 9.10. The zero-order chi connectivity index (χ0) is 10.6. The molecule has 1 N–H and O–H groups in total. The van der Waals surface area contributed by atoms with Crippen LogP contribution in [0.4, 0.5) is 0 Å². The van der Waals surface area contributed by atoms with Crippen molar-refractivity contribution in [1.82, 2.24) is 0 Å². The first-order valence-electron chi connectivity index (χ1n) is 3.78. The van der Waals surface area contributed by atoms with E-state index in [1.807, 2.05) is 0 Å². The van der Waals surface area contributed by atoms with Gasteiger partial charge in [-0.1, -0.05) is 0 Å². The molecule has 14 heavy (non-hydrogen) atoms. The lowest BCUT2D eigenvalue weighted by Gasteiger charge is -2.08. The highest BCUT2D eigenvalue weighted by atomic mass is 79.9. The second-order valence-corrected chi connectivity index (χ2v) is 3.36. The van der Waals surface area contributed by atoms with Gasteiger partial charge in [-0.15, -0.1) is 0 Å². The van der Waals surface area contributed by atoms with Gasteiger partial charge in [0.15, 0.2) is 13.1 Å². The fraction of sp³-hybridized carbons (Fsp3) is 0.222. The van der Waals surface area contributed by atoms with Crippen LogP contribution in [0, 0.1) is 0 Å².